The Morgan fingerprint density at radius 3 is 2.71 bits per heavy atom. The van der Waals surface area contributed by atoms with Crippen LogP contribution >= 0.6 is 11.6 Å². The molecule has 0 spiro atoms. The molecular formula is C14H22ClNO. The molecular weight excluding hydrogens is 234 g/mol. The lowest BCUT2D eigenvalue weighted by molar-refractivity contribution is 0.282. The monoisotopic (exact) mass is 255 g/mol. The summed E-state index contributed by atoms with van der Waals surface area (Å²) < 4.78 is 5.74. The highest BCUT2D eigenvalue weighted by atomic mass is 35.5. The number of anilines is 1. The van der Waals surface area contributed by atoms with E-state index in [-0.39, 0.29) is 0 Å². The first-order valence-corrected chi connectivity index (χ1v) is 6.63. The minimum Gasteiger partial charge on any atom is -0.494 e. The number of hydrogen-bond acceptors (Lipinski definition) is 2. The molecule has 17 heavy (non-hydrogen) atoms. The summed E-state index contributed by atoms with van der Waals surface area (Å²) in [5.74, 6) is 2.30. The highest BCUT2D eigenvalue weighted by Gasteiger charge is 2.02. The third kappa shape index (κ3) is 5.31. The fourth-order valence-corrected chi connectivity index (χ4v) is 1.93. The first-order valence-electron chi connectivity index (χ1n) is 6.09. The molecule has 0 aliphatic heterocycles. The number of nitrogens with zero attached hydrogens (tertiary/aromatic N) is 1. The van der Waals surface area contributed by atoms with E-state index < -0.39 is 0 Å². The topological polar surface area (TPSA) is 12.5 Å². The lowest BCUT2D eigenvalue weighted by atomic mass is 10.1. The molecule has 0 N–H and O–H groups in total. The quantitative estimate of drug-likeness (QED) is 0.688. The van der Waals surface area contributed by atoms with E-state index in [0.717, 1.165) is 36.8 Å². The van der Waals surface area contributed by atoms with Crippen LogP contribution in [0.15, 0.2) is 24.3 Å². The standard InChI is InChI=1S/C14H22ClNO/c1-12(7-9-15)8-10-17-14-6-4-5-13(11-14)16(2)3/h4-6,11-12H,7-10H2,1-3H3. The van der Waals surface area contributed by atoms with Crippen molar-refractivity contribution in [2.75, 3.05) is 31.5 Å². The second-order valence-electron chi connectivity index (χ2n) is 4.61. The van der Waals surface area contributed by atoms with Gasteiger partial charge in [0.15, 0.2) is 0 Å². The Bertz CT molecular complexity index is 328. The van der Waals surface area contributed by atoms with Gasteiger partial charge in [0.1, 0.15) is 5.75 Å². The summed E-state index contributed by atoms with van der Waals surface area (Å²) in [5.41, 5.74) is 1.16. The van der Waals surface area contributed by atoms with Gasteiger partial charge >= 0.3 is 0 Å². The van der Waals surface area contributed by atoms with Crippen LogP contribution < -0.4 is 9.64 Å². The van der Waals surface area contributed by atoms with Gasteiger partial charge in [-0.2, -0.15) is 0 Å². The fourth-order valence-electron chi connectivity index (χ4n) is 1.56. The average molecular weight is 256 g/mol. The Labute approximate surface area is 110 Å². The minimum absolute atomic E-state index is 0.629. The number of alkyl halides is 1. The minimum atomic E-state index is 0.629. The highest BCUT2D eigenvalue weighted by molar-refractivity contribution is 6.17. The van der Waals surface area contributed by atoms with Gasteiger partial charge in [0.05, 0.1) is 6.61 Å². The van der Waals surface area contributed by atoms with Crippen LogP contribution in [0.1, 0.15) is 19.8 Å². The van der Waals surface area contributed by atoms with Crippen LogP contribution in [0.5, 0.6) is 5.75 Å². The molecule has 0 amide bonds. The Hall–Kier alpha value is -0.890. The molecule has 0 saturated carbocycles. The fraction of sp³-hybridized carbons (Fsp3) is 0.571. The van der Waals surface area contributed by atoms with Crippen molar-refractivity contribution in [1.29, 1.82) is 0 Å². The van der Waals surface area contributed by atoms with Crippen molar-refractivity contribution < 1.29 is 4.74 Å². The molecule has 0 aliphatic rings. The highest BCUT2D eigenvalue weighted by Crippen LogP contribution is 2.20. The maximum atomic E-state index is 5.74. The molecule has 0 radical (unpaired) electrons. The number of halogens is 1. The van der Waals surface area contributed by atoms with Crippen molar-refractivity contribution in [1.82, 2.24) is 0 Å². The van der Waals surface area contributed by atoms with E-state index in [9.17, 15) is 0 Å². The van der Waals surface area contributed by atoms with Crippen LogP contribution in [0.2, 0.25) is 0 Å². The maximum absolute atomic E-state index is 5.74. The second-order valence-corrected chi connectivity index (χ2v) is 4.99. The summed E-state index contributed by atoms with van der Waals surface area (Å²) in [7, 11) is 4.06. The van der Waals surface area contributed by atoms with Crippen molar-refractivity contribution >= 4 is 17.3 Å². The second kappa shape index (κ2) is 7.44. The Kier molecular flexibility index (Phi) is 6.20. The van der Waals surface area contributed by atoms with E-state index in [4.69, 9.17) is 16.3 Å². The predicted molar refractivity (Wildman–Crippen MR) is 75.4 cm³/mol. The van der Waals surface area contributed by atoms with Crippen LogP contribution in [0.3, 0.4) is 0 Å². The summed E-state index contributed by atoms with van der Waals surface area (Å²) in [6, 6.07) is 8.15. The lowest BCUT2D eigenvalue weighted by Crippen LogP contribution is -2.09. The molecule has 0 heterocycles. The summed E-state index contributed by atoms with van der Waals surface area (Å²) in [4.78, 5) is 2.07. The third-order valence-electron chi connectivity index (χ3n) is 2.82. The van der Waals surface area contributed by atoms with Crippen LogP contribution in [-0.2, 0) is 0 Å². The molecule has 0 bridgehead atoms. The Morgan fingerprint density at radius 2 is 2.06 bits per heavy atom. The largest absolute Gasteiger partial charge is 0.494 e. The van der Waals surface area contributed by atoms with Crippen molar-refractivity contribution in [3.05, 3.63) is 24.3 Å². The maximum Gasteiger partial charge on any atom is 0.121 e. The molecule has 96 valence electrons. The molecule has 1 unspecified atom stereocenters. The van der Waals surface area contributed by atoms with Crippen molar-refractivity contribution in [2.24, 2.45) is 5.92 Å². The van der Waals surface area contributed by atoms with Gasteiger partial charge in [-0.05, 0) is 30.9 Å². The first-order chi connectivity index (χ1) is 8.13. The molecule has 1 aromatic carbocycles. The van der Waals surface area contributed by atoms with Gasteiger partial charge in [-0.15, -0.1) is 11.6 Å². The Balaban J connectivity index is 2.38. The number of ether oxygens (including phenoxy) is 1. The molecule has 1 rings (SSSR count). The summed E-state index contributed by atoms with van der Waals surface area (Å²) in [6.07, 6.45) is 2.11. The van der Waals surface area contributed by atoms with Gasteiger partial charge in [-0.1, -0.05) is 13.0 Å². The zero-order chi connectivity index (χ0) is 12.7. The van der Waals surface area contributed by atoms with Crippen LogP contribution in [0, 0.1) is 5.92 Å². The summed E-state index contributed by atoms with van der Waals surface area (Å²) in [6.45, 7) is 2.97. The normalized spacial score (nSPS) is 12.2. The van der Waals surface area contributed by atoms with Crippen LogP contribution in [0.25, 0.3) is 0 Å². The van der Waals surface area contributed by atoms with Crippen molar-refractivity contribution in [2.45, 2.75) is 19.8 Å². The number of hydrogen-bond donors (Lipinski definition) is 0. The molecule has 1 atom stereocenters. The van der Waals surface area contributed by atoms with Gasteiger partial charge in [-0.3, -0.25) is 0 Å². The molecule has 1 aromatic rings. The van der Waals surface area contributed by atoms with Gasteiger partial charge in [0, 0.05) is 31.7 Å². The zero-order valence-corrected chi connectivity index (χ0v) is 11.7. The van der Waals surface area contributed by atoms with E-state index in [1.807, 2.05) is 26.2 Å². The molecule has 0 saturated heterocycles. The van der Waals surface area contributed by atoms with E-state index >= 15 is 0 Å². The SMILES string of the molecule is CC(CCCl)CCOc1cccc(N(C)C)c1. The summed E-state index contributed by atoms with van der Waals surface area (Å²) in [5, 5.41) is 0. The smallest absolute Gasteiger partial charge is 0.121 e. The van der Waals surface area contributed by atoms with Crippen LogP contribution in [0.4, 0.5) is 5.69 Å². The van der Waals surface area contributed by atoms with Crippen molar-refractivity contribution in [3.8, 4) is 5.75 Å². The number of benzene rings is 1. The Morgan fingerprint density at radius 1 is 1.29 bits per heavy atom. The van der Waals surface area contributed by atoms with Crippen molar-refractivity contribution in [3.63, 3.8) is 0 Å². The molecule has 0 aliphatic carbocycles. The average Bonchev–Trinajstić information content (AvgIpc) is 2.30. The predicted octanol–water partition coefficient (Wildman–Crippen LogP) is 3.79. The molecule has 0 fully saturated rings. The van der Waals surface area contributed by atoms with Gasteiger partial charge in [0.2, 0.25) is 0 Å². The van der Waals surface area contributed by atoms with Crippen LogP contribution in [-0.4, -0.2) is 26.6 Å². The first kappa shape index (κ1) is 14.2. The van der Waals surface area contributed by atoms with Gasteiger partial charge in [-0.25, -0.2) is 0 Å². The zero-order valence-electron chi connectivity index (χ0n) is 10.9. The molecule has 3 heteroatoms. The third-order valence-corrected chi connectivity index (χ3v) is 3.03. The van der Waals surface area contributed by atoms with E-state index in [2.05, 4.69) is 24.0 Å². The molecule has 2 nitrogen and oxygen atoms in total. The van der Waals surface area contributed by atoms with E-state index in [1.165, 1.54) is 0 Å². The molecule has 0 aromatic heterocycles. The van der Waals surface area contributed by atoms with E-state index in [1.54, 1.807) is 0 Å². The van der Waals surface area contributed by atoms with Gasteiger partial charge in [0.25, 0.3) is 0 Å². The lowest BCUT2D eigenvalue weighted by Gasteiger charge is -2.15. The number of rotatable bonds is 7. The van der Waals surface area contributed by atoms with E-state index in [0.29, 0.717) is 5.92 Å². The summed E-state index contributed by atoms with van der Waals surface area (Å²) >= 11 is 5.70. The van der Waals surface area contributed by atoms with Gasteiger partial charge < -0.3 is 9.64 Å².